The predicted molar refractivity (Wildman–Crippen MR) is 62.3 cm³/mol. The molecule has 1 rings (SSSR count). The zero-order chi connectivity index (χ0) is 12.3. The van der Waals surface area contributed by atoms with Crippen LogP contribution >= 0.6 is 0 Å². The van der Waals surface area contributed by atoms with Crippen LogP contribution in [0.15, 0.2) is 24.5 Å². The van der Waals surface area contributed by atoms with Crippen LogP contribution in [-0.4, -0.2) is 34.6 Å². The number of hydrogen-bond acceptors (Lipinski definition) is 4. The molecule has 0 unspecified atom stereocenters. The van der Waals surface area contributed by atoms with E-state index in [9.17, 15) is 8.42 Å². The van der Waals surface area contributed by atoms with E-state index in [0.29, 0.717) is 0 Å². The van der Waals surface area contributed by atoms with Gasteiger partial charge in [-0.1, -0.05) is 3.97 Å². The lowest BCUT2D eigenvalue weighted by Gasteiger charge is -2.10. The first kappa shape index (κ1) is 13.0. The summed E-state index contributed by atoms with van der Waals surface area (Å²) in [6.45, 7) is 1.34. The zero-order valence-electron chi connectivity index (χ0n) is 9.45. The number of nitrogens with one attached hydrogen (secondary N) is 1. The molecule has 2 N–H and O–H groups in total. The monoisotopic (exact) mass is 244 g/mol. The molecule has 0 aliphatic rings. The minimum atomic E-state index is -3.70. The van der Waals surface area contributed by atoms with Gasteiger partial charge in [-0.05, 0) is 6.82 Å². The molecule has 0 bridgehead atoms. The molecule has 1 aromatic heterocycles. The van der Waals surface area contributed by atoms with Gasteiger partial charge in [0.25, 0.3) is 0 Å². The molecule has 1 heterocycles. The molecule has 16 heavy (non-hydrogen) atoms. The quantitative estimate of drug-likeness (QED) is 0.517. The fourth-order valence-corrected chi connectivity index (χ4v) is 2.13. The van der Waals surface area contributed by atoms with Crippen LogP contribution < -0.4 is 13.5 Å². The fraction of sp³-hybridized carbons (Fsp3) is 0.375. The van der Waals surface area contributed by atoms with Crippen LogP contribution in [0.3, 0.4) is 0 Å². The topological polar surface area (TPSA) is 73.5 Å². The van der Waals surface area contributed by atoms with Gasteiger partial charge in [-0.2, -0.15) is 4.63 Å². The first-order chi connectivity index (χ1) is 7.33. The molecule has 0 saturated heterocycles. The Bertz CT molecular complexity index is 444. The maximum Gasteiger partial charge on any atom is 0.436 e. The van der Waals surface area contributed by atoms with Gasteiger partial charge in [0.1, 0.15) is 0 Å². The number of pyridine rings is 1. The average Bonchev–Trinajstić information content (AvgIpc) is 2.16. The van der Waals surface area contributed by atoms with Crippen molar-refractivity contribution in [2.45, 2.75) is 6.82 Å². The van der Waals surface area contributed by atoms with Crippen LogP contribution in [0.4, 0.5) is 5.69 Å². The summed E-state index contributed by atoms with van der Waals surface area (Å²) in [6.07, 6.45) is 2.83. The lowest BCUT2D eigenvalue weighted by molar-refractivity contribution is -0.512. The molecule has 0 aliphatic carbocycles. The van der Waals surface area contributed by atoms with Crippen molar-refractivity contribution in [2.75, 3.05) is 19.0 Å². The van der Waals surface area contributed by atoms with Gasteiger partial charge in [0, 0.05) is 31.9 Å². The summed E-state index contributed by atoms with van der Waals surface area (Å²) in [6, 6.07) is 3.34. The predicted octanol–water partition coefficient (Wildman–Crippen LogP) is -1.17. The molecule has 0 spiro atoms. The van der Waals surface area contributed by atoms with E-state index in [2.05, 4.69) is 4.63 Å². The largest absolute Gasteiger partial charge is 0.437 e. The Morgan fingerprint density at radius 3 is 2.25 bits per heavy atom. The van der Waals surface area contributed by atoms with Gasteiger partial charge < -0.3 is 9.92 Å². The second-order valence-electron chi connectivity index (χ2n) is 3.58. The molecule has 0 aromatic carbocycles. The Morgan fingerprint density at radius 2 is 1.88 bits per heavy atom. The van der Waals surface area contributed by atoms with Crippen molar-refractivity contribution in [3.8, 4) is 0 Å². The maximum atomic E-state index is 11.6. The summed E-state index contributed by atoms with van der Waals surface area (Å²) in [5.74, 6) is 0. The summed E-state index contributed by atoms with van der Waals surface area (Å²) in [5, 5.41) is 8.98. The van der Waals surface area contributed by atoms with E-state index in [1.165, 1.54) is 19.2 Å². The van der Waals surface area contributed by atoms with Crippen LogP contribution in [0, 0.1) is 0 Å². The number of anilines is 1. The summed E-state index contributed by atoms with van der Waals surface area (Å²) < 4.78 is 26.3. The van der Waals surface area contributed by atoms with E-state index < -0.39 is 17.3 Å². The van der Waals surface area contributed by atoms with E-state index in [0.717, 1.165) is 9.66 Å². The number of nitrogens with zero attached hydrogens (tertiary/aromatic N) is 2. The van der Waals surface area contributed by atoms with Crippen LogP contribution in [0.2, 0.25) is 6.82 Å². The Kier molecular flexibility index (Phi) is 3.90. The molecule has 6 nitrogen and oxygen atoms in total. The molecular weight excluding hydrogens is 229 g/mol. The second-order valence-corrected chi connectivity index (χ2v) is 5.19. The molecule has 0 aliphatic heterocycles. The van der Waals surface area contributed by atoms with Crippen molar-refractivity contribution in [1.82, 2.24) is 4.63 Å². The van der Waals surface area contributed by atoms with Crippen LogP contribution in [0.25, 0.3) is 0 Å². The van der Waals surface area contributed by atoms with Crippen molar-refractivity contribution in [2.24, 2.45) is 0 Å². The first-order valence-corrected chi connectivity index (χ1v) is 6.16. The summed E-state index contributed by atoms with van der Waals surface area (Å²) in [5.41, 5.74) is 0.892. The molecule has 0 fully saturated rings. The minimum absolute atomic E-state index is 0.892. The Morgan fingerprint density at radius 1 is 1.38 bits per heavy atom. The Hall–Kier alpha value is -1.12. The van der Waals surface area contributed by atoms with E-state index in [4.69, 9.17) is 5.02 Å². The lowest BCUT2D eigenvalue weighted by Crippen LogP contribution is -2.54. The number of aromatic nitrogens is 1. The van der Waals surface area contributed by atoms with Crippen molar-refractivity contribution in [3.05, 3.63) is 24.5 Å². The van der Waals surface area contributed by atoms with Crippen LogP contribution in [-0.2, 0) is 10.2 Å². The van der Waals surface area contributed by atoms with Gasteiger partial charge in [-0.3, -0.25) is 0 Å². The molecule has 0 saturated carbocycles. The Labute approximate surface area is 95.8 Å². The number of rotatable bonds is 4. The third-order valence-corrected chi connectivity index (χ3v) is 3.34. The number of hydrogen-bond donors (Lipinski definition) is 2. The van der Waals surface area contributed by atoms with Crippen LogP contribution in [0.1, 0.15) is 0 Å². The SMILES string of the molecule is CB(O)NS(=O)(=O)[n+]1ccc(N(C)C)cc1. The van der Waals surface area contributed by atoms with Crippen molar-refractivity contribution in [1.29, 1.82) is 0 Å². The van der Waals surface area contributed by atoms with Gasteiger partial charge in [-0.25, -0.2) is 0 Å². The fourth-order valence-electron chi connectivity index (χ4n) is 1.14. The maximum absolute atomic E-state index is 11.6. The normalized spacial score (nSPS) is 11.2. The van der Waals surface area contributed by atoms with Gasteiger partial charge in [0.2, 0.25) is 0 Å². The summed E-state index contributed by atoms with van der Waals surface area (Å²) in [4.78, 5) is 1.86. The second kappa shape index (κ2) is 4.81. The molecule has 88 valence electrons. The highest BCUT2D eigenvalue weighted by Gasteiger charge is 2.24. The van der Waals surface area contributed by atoms with E-state index in [1.807, 2.05) is 19.0 Å². The minimum Gasteiger partial charge on any atom is -0.437 e. The molecule has 0 radical (unpaired) electrons. The highest BCUT2D eigenvalue weighted by atomic mass is 32.2. The highest BCUT2D eigenvalue weighted by Crippen LogP contribution is 2.06. The van der Waals surface area contributed by atoms with Gasteiger partial charge in [0.15, 0.2) is 12.4 Å². The highest BCUT2D eigenvalue weighted by molar-refractivity contribution is 7.84. The smallest absolute Gasteiger partial charge is 0.436 e. The third kappa shape index (κ3) is 3.19. The van der Waals surface area contributed by atoms with E-state index >= 15 is 0 Å². The van der Waals surface area contributed by atoms with Gasteiger partial charge in [0.05, 0.1) is 0 Å². The Balaban J connectivity index is 2.98. The molecule has 8 heteroatoms. The van der Waals surface area contributed by atoms with Gasteiger partial charge >= 0.3 is 17.3 Å². The molecular formula is C8H15BN3O3S+. The first-order valence-electron chi connectivity index (χ1n) is 4.72. The zero-order valence-corrected chi connectivity index (χ0v) is 10.3. The standard InChI is InChI=1S/C8H15BN3O3S/c1-9(13)10-16(14,15)12-6-4-8(5-7-12)11(2)3/h4-7,10,13H,1-3H3/q+1. The summed E-state index contributed by atoms with van der Waals surface area (Å²) >= 11 is 0. The van der Waals surface area contributed by atoms with Crippen molar-refractivity contribution in [3.63, 3.8) is 0 Å². The average molecular weight is 244 g/mol. The molecule has 0 atom stereocenters. The molecule has 1 aromatic rings. The van der Waals surface area contributed by atoms with Gasteiger partial charge in [-0.15, -0.1) is 8.42 Å². The van der Waals surface area contributed by atoms with Crippen LogP contribution in [0.5, 0.6) is 0 Å². The summed E-state index contributed by atoms with van der Waals surface area (Å²) in [7, 11) is -1.10. The van der Waals surface area contributed by atoms with E-state index in [-0.39, 0.29) is 0 Å². The lowest BCUT2D eigenvalue weighted by atomic mass is 9.92. The molecule has 0 amide bonds. The third-order valence-electron chi connectivity index (χ3n) is 1.90. The van der Waals surface area contributed by atoms with E-state index in [1.54, 1.807) is 12.1 Å². The van der Waals surface area contributed by atoms with Crippen molar-refractivity contribution < 1.29 is 17.4 Å². The van der Waals surface area contributed by atoms with Crippen molar-refractivity contribution >= 4 is 22.9 Å².